The van der Waals surface area contributed by atoms with Crippen LogP contribution in [0.2, 0.25) is 0 Å². The van der Waals surface area contributed by atoms with Crippen molar-refractivity contribution in [1.29, 1.82) is 0 Å². The molecule has 3 rings (SSSR count). The largest absolute Gasteiger partial charge is 0.491 e. The summed E-state index contributed by atoms with van der Waals surface area (Å²) >= 11 is 0. The van der Waals surface area contributed by atoms with Crippen molar-refractivity contribution in [3.05, 3.63) is 29.8 Å². The van der Waals surface area contributed by atoms with Crippen LogP contribution in [0.15, 0.2) is 24.3 Å². The van der Waals surface area contributed by atoms with Gasteiger partial charge < -0.3 is 39.4 Å². The van der Waals surface area contributed by atoms with E-state index in [0.29, 0.717) is 24.3 Å². The Hall–Kier alpha value is -3.38. The number of hydrogen-bond acceptors (Lipinski definition) is 8. The average molecular weight is 535 g/mol. The molecule has 1 fully saturated rings. The van der Waals surface area contributed by atoms with Crippen LogP contribution in [0.5, 0.6) is 5.75 Å². The lowest BCUT2D eigenvalue weighted by Crippen LogP contribution is -2.51. The van der Waals surface area contributed by atoms with E-state index in [2.05, 4.69) is 10.6 Å². The van der Waals surface area contributed by atoms with Gasteiger partial charge in [-0.05, 0) is 45.4 Å². The van der Waals surface area contributed by atoms with Crippen LogP contribution in [0.3, 0.4) is 0 Å². The van der Waals surface area contributed by atoms with E-state index in [4.69, 9.17) is 18.9 Å². The third kappa shape index (κ3) is 8.06. The Kier molecular flexibility index (Phi) is 9.92. The molecule has 0 aromatic heterocycles. The Morgan fingerprint density at radius 1 is 1.18 bits per heavy atom. The maximum absolute atomic E-state index is 13.2. The van der Waals surface area contributed by atoms with E-state index in [1.165, 1.54) is 19.1 Å². The molecule has 0 unspecified atom stereocenters. The summed E-state index contributed by atoms with van der Waals surface area (Å²) in [6, 6.07) is 5.00. The smallest absolute Gasteiger partial charge is 0.407 e. The Bertz CT molecular complexity index is 1010. The highest BCUT2D eigenvalue weighted by Gasteiger charge is 2.38. The molecule has 0 aliphatic carbocycles. The molecular formula is C26H38N4O8. The fraction of sp³-hybridized carbons (Fsp3) is 0.615. The summed E-state index contributed by atoms with van der Waals surface area (Å²) in [5.74, 6) is -0.677. The standard InChI is InChI=1S/C26H38N4O8/c1-26(2,3)38-25(34)28-18-12-19-14-37-20-8-6-7-17(11-20)24(33)29(4)21(23(32)27-9-10-35-5)15-36-16-22(31)30(19)13-18/h6-8,11,18-19,21H,9-10,12-16H2,1-5H3,(H,27,32)(H,28,34)/t18-,19-,21-/m0/s1. The average Bonchev–Trinajstić information content (AvgIpc) is 3.25. The van der Waals surface area contributed by atoms with Crippen LogP contribution in [-0.4, -0.2) is 111 Å². The number of rotatable bonds is 5. The third-order valence-electron chi connectivity index (χ3n) is 6.18. The van der Waals surface area contributed by atoms with Gasteiger partial charge in [0, 0.05) is 32.8 Å². The molecule has 0 radical (unpaired) electrons. The molecule has 2 bridgehead atoms. The number of amides is 4. The van der Waals surface area contributed by atoms with Crippen LogP contribution < -0.4 is 15.4 Å². The van der Waals surface area contributed by atoms with Crippen LogP contribution in [0, 0.1) is 0 Å². The number of hydrogen-bond donors (Lipinski definition) is 2. The Morgan fingerprint density at radius 3 is 2.66 bits per heavy atom. The monoisotopic (exact) mass is 534 g/mol. The van der Waals surface area contributed by atoms with Gasteiger partial charge in [0.2, 0.25) is 11.8 Å². The highest BCUT2D eigenvalue weighted by atomic mass is 16.6. The molecule has 2 heterocycles. The molecule has 38 heavy (non-hydrogen) atoms. The van der Waals surface area contributed by atoms with Crippen molar-refractivity contribution in [3.8, 4) is 5.75 Å². The van der Waals surface area contributed by atoms with Crippen LogP contribution in [0.4, 0.5) is 4.79 Å². The minimum atomic E-state index is -0.976. The Labute approximate surface area is 222 Å². The summed E-state index contributed by atoms with van der Waals surface area (Å²) in [7, 11) is 3.03. The van der Waals surface area contributed by atoms with Crippen molar-refractivity contribution in [2.45, 2.75) is 50.9 Å². The lowest BCUT2D eigenvalue weighted by Gasteiger charge is -2.29. The first-order valence-corrected chi connectivity index (χ1v) is 12.6. The number of benzene rings is 1. The molecule has 0 saturated carbocycles. The summed E-state index contributed by atoms with van der Waals surface area (Å²) < 4.78 is 22.0. The van der Waals surface area contributed by atoms with E-state index in [9.17, 15) is 19.2 Å². The summed E-state index contributed by atoms with van der Waals surface area (Å²) in [5.41, 5.74) is -0.302. The summed E-state index contributed by atoms with van der Waals surface area (Å²) in [6.45, 7) is 5.84. The first-order valence-electron chi connectivity index (χ1n) is 12.6. The first-order chi connectivity index (χ1) is 18.0. The van der Waals surface area contributed by atoms with E-state index in [0.717, 1.165) is 0 Å². The molecule has 3 atom stereocenters. The highest BCUT2D eigenvalue weighted by Crippen LogP contribution is 2.23. The molecule has 1 aromatic rings. The maximum Gasteiger partial charge on any atom is 0.407 e. The predicted octanol–water partition coefficient (Wildman–Crippen LogP) is 0.793. The molecular weight excluding hydrogens is 496 g/mol. The second-order valence-corrected chi connectivity index (χ2v) is 10.3. The van der Waals surface area contributed by atoms with Crippen LogP contribution in [0.1, 0.15) is 37.6 Å². The SMILES string of the molecule is COCCNC(=O)[C@@H]1COCC(=O)N2C[C@@H](NC(=O)OC(C)(C)C)C[C@H]2COc2cccc(c2)C(=O)N1C. The topological polar surface area (TPSA) is 136 Å². The van der Waals surface area contributed by atoms with Gasteiger partial charge in [0.25, 0.3) is 5.91 Å². The van der Waals surface area contributed by atoms with Crippen molar-refractivity contribution in [3.63, 3.8) is 0 Å². The van der Waals surface area contributed by atoms with Gasteiger partial charge in [-0.3, -0.25) is 14.4 Å². The molecule has 2 N–H and O–H groups in total. The number of carbonyl (C=O) groups is 4. The lowest BCUT2D eigenvalue weighted by molar-refractivity contribution is -0.140. The van der Waals surface area contributed by atoms with Crippen molar-refractivity contribution < 1.29 is 38.1 Å². The lowest BCUT2D eigenvalue weighted by atomic mass is 10.1. The number of likely N-dealkylation sites (N-methyl/N-ethyl adjacent to an activating group) is 1. The van der Waals surface area contributed by atoms with E-state index in [1.54, 1.807) is 49.9 Å². The molecule has 4 amide bonds. The zero-order chi connectivity index (χ0) is 27.9. The maximum atomic E-state index is 13.2. The molecule has 2 aliphatic heterocycles. The second-order valence-electron chi connectivity index (χ2n) is 10.3. The number of carbonyl (C=O) groups excluding carboxylic acids is 4. The van der Waals surface area contributed by atoms with Gasteiger partial charge in [0.1, 0.15) is 30.6 Å². The van der Waals surface area contributed by atoms with E-state index in [1.807, 2.05) is 0 Å². The van der Waals surface area contributed by atoms with Gasteiger partial charge in [0.15, 0.2) is 0 Å². The van der Waals surface area contributed by atoms with Gasteiger partial charge >= 0.3 is 6.09 Å². The summed E-state index contributed by atoms with van der Waals surface area (Å²) in [6.07, 6.45) is -0.105. The Balaban J connectivity index is 1.80. The number of ether oxygens (including phenoxy) is 4. The fourth-order valence-electron chi connectivity index (χ4n) is 4.31. The zero-order valence-corrected chi connectivity index (χ0v) is 22.7. The van der Waals surface area contributed by atoms with Gasteiger partial charge in [-0.15, -0.1) is 0 Å². The van der Waals surface area contributed by atoms with E-state index < -0.39 is 29.6 Å². The van der Waals surface area contributed by atoms with Gasteiger partial charge in [-0.2, -0.15) is 0 Å². The summed E-state index contributed by atoms with van der Waals surface area (Å²) in [5, 5.41) is 5.55. The van der Waals surface area contributed by atoms with Crippen molar-refractivity contribution in [2.75, 3.05) is 53.7 Å². The highest BCUT2D eigenvalue weighted by molar-refractivity contribution is 5.97. The number of nitrogens with one attached hydrogen (secondary N) is 2. The molecule has 210 valence electrons. The van der Waals surface area contributed by atoms with Crippen molar-refractivity contribution in [1.82, 2.24) is 20.4 Å². The number of alkyl carbamates (subject to hydrolysis) is 1. The predicted molar refractivity (Wildman–Crippen MR) is 137 cm³/mol. The van der Waals surface area contributed by atoms with Gasteiger partial charge in [-0.1, -0.05) is 6.07 Å². The van der Waals surface area contributed by atoms with Crippen LogP contribution in [-0.2, 0) is 23.8 Å². The van der Waals surface area contributed by atoms with Crippen molar-refractivity contribution >= 4 is 23.8 Å². The molecule has 12 heteroatoms. The minimum Gasteiger partial charge on any atom is -0.491 e. The van der Waals surface area contributed by atoms with Crippen LogP contribution in [0.25, 0.3) is 0 Å². The Morgan fingerprint density at radius 2 is 1.95 bits per heavy atom. The molecule has 2 aliphatic rings. The second kappa shape index (κ2) is 12.9. The number of nitrogens with zero attached hydrogens (tertiary/aromatic N) is 2. The summed E-state index contributed by atoms with van der Waals surface area (Å²) in [4.78, 5) is 54.4. The fourth-order valence-corrected chi connectivity index (χ4v) is 4.31. The molecule has 1 saturated heterocycles. The van der Waals surface area contributed by atoms with Gasteiger partial charge in [0.05, 0.1) is 25.3 Å². The van der Waals surface area contributed by atoms with E-state index in [-0.39, 0.29) is 50.9 Å². The number of fused-ring (bicyclic) bond motifs is 3. The van der Waals surface area contributed by atoms with E-state index >= 15 is 0 Å². The number of methoxy groups -OCH3 is 1. The zero-order valence-electron chi connectivity index (χ0n) is 22.7. The third-order valence-corrected chi connectivity index (χ3v) is 6.18. The molecule has 1 aromatic carbocycles. The van der Waals surface area contributed by atoms with Crippen molar-refractivity contribution in [2.24, 2.45) is 0 Å². The quantitative estimate of drug-likeness (QED) is 0.530. The normalized spacial score (nSPS) is 22.7. The minimum absolute atomic E-state index is 0.163. The van der Waals surface area contributed by atoms with Crippen LogP contribution >= 0.6 is 0 Å². The molecule has 0 spiro atoms. The molecule has 12 nitrogen and oxygen atoms in total. The van der Waals surface area contributed by atoms with Gasteiger partial charge in [-0.25, -0.2) is 4.79 Å². The first kappa shape index (κ1) is 29.2.